The summed E-state index contributed by atoms with van der Waals surface area (Å²) in [5, 5.41) is 2.78. The number of nitrogens with two attached hydrogens (primary N) is 1. The van der Waals surface area contributed by atoms with Gasteiger partial charge in [0.05, 0.1) is 12.1 Å². The van der Waals surface area contributed by atoms with Crippen molar-refractivity contribution >= 4 is 17.5 Å². The summed E-state index contributed by atoms with van der Waals surface area (Å²) in [7, 11) is 0. The molecule has 0 aliphatic carbocycles. The second-order valence-corrected chi connectivity index (χ2v) is 7.70. The van der Waals surface area contributed by atoms with Crippen molar-refractivity contribution in [1.82, 2.24) is 19.5 Å². The summed E-state index contributed by atoms with van der Waals surface area (Å²) in [5.74, 6) is 2.07. The fraction of sp³-hybridized carbons (Fsp3) is 0.579. The van der Waals surface area contributed by atoms with Gasteiger partial charge in [-0.15, -0.1) is 0 Å². The van der Waals surface area contributed by atoms with E-state index in [4.69, 9.17) is 5.73 Å². The zero-order valence-corrected chi connectivity index (χ0v) is 16.5. The highest BCUT2D eigenvalue weighted by Gasteiger charge is 2.32. The first-order valence-corrected chi connectivity index (χ1v) is 10.1. The number of hydrogen-bond acceptors (Lipinski definition) is 6. The minimum atomic E-state index is -4.29. The highest BCUT2D eigenvalue weighted by atomic mass is 19.4. The zero-order chi connectivity index (χ0) is 21.3. The van der Waals surface area contributed by atoms with Gasteiger partial charge in [-0.25, -0.2) is 15.0 Å². The van der Waals surface area contributed by atoms with E-state index in [0.29, 0.717) is 50.7 Å². The molecule has 0 spiro atoms. The quantitative estimate of drug-likeness (QED) is 0.763. The van der Waals surface area contributed by atoms with Crippen molar-refractivity contribution in [2.75, 3.05) is 29.9 Å². The van der Waals surface area contributed by atoms with Crippen LogP contribution in [0.5, 0.6) is 0 Å². The number of rotatable bonds is 5. The second-order valence-electron chi connectivity index (χ2n) is 7.70. The number of halogens is 3. The SMILES string of the molecule is NCCn1cc(CC(F)(F)F)nc1C1CCN(c2ncnc3c2CCC(=O)N3)CC1. The van der Waals surface area contributed by atoms with Gasteiger partial charge in [0.2, 0.25) is 5.91 Å². The van der Waals surface area contributed by atoms with E-state index in [1.165, 1.54) is 12.5 Å². The molecule has 0 aromatic carbocycles. The number of nitrogens with one attached hydrogen (secondary N) is 1. The maximum absolute atomic E-state index is 12.8. The summed E-state index contributed by atoms with van der Waals surface area (Å²) in [6.07, 6.45) is 0.103. The molecule has 2 aliphatic heterocycles. The molecular formula is C19H24F3N7O. The van der Waals surface area contributed by atoms with E-state index in [-0.39, 0.29) is 17.5 Å². The van der Waals surface area contributed by atoms with Gasteiger partial charge in [0.25, 0.3) is 0 Å². The average Bonchev–Trinajstić information content (AvgIpc) is 3.08. The molecule has 1 fully saturated rings. The minimum Gasteiger partial charge on any atom is -0.356 e. The summed E-state index contributed by atoms with van der Waals surface area (Å²) in [6.45, 7) is 2.18. The van der Waals surface area contributed by atoms with E-state index in [2.05, 4.69) is 25.2 Å². The molecule has 2 aromatic heterocycles. The molecule has 2 aliphatic rings. The van der Waals surface area contributed by atoms with Crippen LogP contribution >= 0.6 is 0 Å². The van der Waals surface area contributed by atoms with Crippen LogP contribution in [0.25, 0.3) is 0 Å². The lowest BCUT2D eigenvalue weighted by Crippen LogP contribution is -2.36. The van der Waals surface area contributed by atoms with Gasteiger partial charge < -0.3 is 20.5 Å². The molecule has 1 amide bonds. The van der Waals surface area contributed by atoms with Gasteiger partial charge in [0.1, 0.15) is 23.8 Å². The first kappa shape index (κ1) is 20.6. The Hall–Kier alpha value is -2.69. The summed E-state index contributed by atoms with van der Waals surface area (Å²) in [4.78, 5) is 26.7. The number of anilines is 2. The number of piperidine rings is 1. The van der Waals surface area contributed by atoms with Crippen LogP contribution in [0, 0.1) is 0 Å². The summed E-state index contributed by atoms with van der Waals surface area (Å²) < 4.78 is 40.1. The van der Waals surface area contributed by atoms with Crippen molar-refractivity contribution in [3.63, 3.8) is 0 Å². The van der Waals surface area contributed by atoms with Crippen LogP contribution in [0.2, 0.25) is 0 Å². The molecule has 8 nitrogen and oxygen atoms in total. The smallest absolute Gasteiger partial charge is 0.356 e. The Morgan fingerprint density at radius 3 is 2.67 bits per heavy atom. The van der Waals surface area contributed by atoms with E-state index in [0.717, 1.165) is 24.2 Å². The molecule has 0 bridgehead atoms. The van der Waals surface area contributed by atoms with Gasteiger partial charge in [-0.3, -0.25) is 4.79 Å². The summed E-state index contributed by atoms with van der Waals surface area (Å²) in [5.41, 5.74) is 6.62. The van der Waals surface area contributed by atoms with E-state index < -0.39 is 12.6 Å². The number of alkyl halides is 3. The topological polar surface area (TPSA) is 102 Å². The first-order chi connectivity index (χ1) is 14.3. The third kappa shape index (κ3) is 4.40. The average molecular weight is 423 g/mol. The Kier molecular flexibility index (Phi) is 5.63. The number of fused-ring (bicyclic) bond motifs is 1. The Bertz CT molecular complexity index is 919. The van der Waals surface area contributed by atoms with Crippen molar-refractivity contribution in [3.8, 4) is 0 Å². The lowest BCUT2D eigenvalue weighted by Gasteiger charge is -2.34. The van der Waals surface area contributed by atoms with Crippen LogP contribution in [-0.4, -0.2) is 51.2 Å². The number of imidazole rings is 1. The molecular weight excluding hydrogens is 399 g/mol. The number of aromatic nitrogens is 4. The van der Waals surface area contributed by atoms with Crippen LogP contribution in [0.15, 0.2) is 12.5 Å². The molecule has 0 radical (unpaired) electrons. The zero-order valence-electron chi connectivity index (χ0n) is 16.5. The van der Waals surface area contributed by atoms with Gasteiger partial charge in [-0.1, -0.05) is 0 Å². The Balaban J connectivity index is 1.49. The van der Waals surface area contributed by atoms with Crippen LogP contribution in [0.4, 0.5) is 24.8 Å². The molecule has 4 rings (SSSR count). The molecule has 4 heterocycles. The van der Waals surface area contributed by atoms with Crippen LogP contribution in [0.3, 0.4) is 0 Å². The summed E-state index contributed by atoms with van der Waals surface area (Å²) >= 11 is 0. The number of amides is 1. The van der Waals surface area contributed by atoms with Gasteiger partial charge in [0.15, 0.2) is 0 Å². The fourth-order valence-electron chi connectivity index (χ4n) is 4.22. The number of carbonyl (C=O) groups is 1. The van der Waals surface area contributed by atoms with Gasteiger partial charge >= 0.3 is 6.18 Å². The molecule has 0 saturated carbocycles. The Morgan fingerprint density at radius 1 is 1.20 bits per heavy atom. The molecule has 0 unspecified atom stereocenters. The maximum atomic E-state index is 12.8. The Morgan fingerprint density at radius 2 is 1.97 bits per heavy atom. The Labute approximate surface area is 171 Å². The largest absolute Gasteiger partial charge is 0.394 e. The lowest BCUT2D eigenvalue weighted by atomic mass is 9.95. The van der Waals surface area contributed by atoms with Crippen molar-refractivity contribution < 1.29 is 18.0 Å². The fourth-order valence-corrected chi connectivity index (χ4v) is 4.22. The highest BCUT2D eigenvalue weighted by Crippen LogP contribution is 2.34. The number of nitrogens with zero attached hydrogens (tertiary/aromatic N) is 5. The molecule has 0 atom stereocenters. The van der Waals surface area contributed by atoms with Gasteiger partial charge in [-0.05, 0) is 19.3 Å². The van der Waals surface area contributed by atoms with Crippen LogP contribution in [0.1, 0.15) is 42.3 Å². The molecule has 162 valence electrons. The van der Waals surface area contributed by atoms with E-state index in [1.54, 1.807) is 4.57 Å². The number of hydrogen-bond donors (Lipinski definition) is 2. The lowest BCUT2D eigenvalue weighted by molar-refractivity contribution is -0.127. The maximum Gasteiger partial charge on any atom is 0.394 e. The normalized spacial score (nSPS) is 17.7. The van der Waals surface area contributed by atoms with Gasteiger partial charge in [0, 0.05) is 50.3 Å². The van der Waals surface area contributed by atoms with Crippen molar-refractivity contribution in [3.05, 3.63) is 29.6 Å². The predicted molar refractivity (Wildman–Crippen MR) is 104 cm³/mol. The van der Waals surface area contributed by atoms with E-state index in [1.807, 2.05) is 0 Å². The van der Waals surface area contributed by atoms with Gasteiger partial charge in [-0.2, -0.15) is 13.2 Å². The molecule has 3 N–H and O–H groups in total. The monoisotopic (exact) mass is 423 g/mol. The van der Waals surface area contributed by atoms with E-state index in [9.17, 15) is 18.0 Å². The second kappa shape index (κ2) is 8.21. The van der Waals surface area contributed by atoms with Crippen molar-refractivity contribution in [1.29, 1.82) is 0 Å². The molecule has 2 aromatic rings. The minimum absolute atomic E-state index is 0.0361. The predicted octanol–water partition coefficient (Wildman–Crippen LogP) is 2.01. The van der Waals surface area contributed by atoms with Crippen LogP contribution < -0.4 is 16.0 Å². The highest BCUT2D eigenvalue weighted by molar-refractivity contribution is 5.93. The van der Waals surface area contributed by atoms with Crippen molar-refractivity contribution in [2.24, 2.45) is 5.73 Å². The standard InChI is InChI=1S/C19H24F3N7O/c20-19(21,22)9-13-10-29(8-5-23)17(26-13)12-3-6-28(7-4-12)18-14-1-2-15(30)27-16(14)24-11-25-18/h10-12H,1-9,23H2,(H,24,25,27,30). The summed E-state index contributed by atoms with van der Waals surface area (Å²) in [6, 6.07) is 0. The molecule has 30 heavy (non-hydrogen) atoms. The van der Waals surface area contributed by atoms with Crippen LogP contribution in [-0.2, 0) is 24.2 Å². The van der Waals surface area contributed by atoms with E-state index >= 15 is 0 Å². The third-order valence-electron chi connectivity index (χ3n) is 5.55. The third-order valence-corrected chi connectivity index (χ3v) is 5.55. The molecule has 1 saturated heterocycles. The molecule has 11 heteroatoms. The first-order valence-electron chi connectivity index (χ1n) is 10.1. The van der Waals surface area contributed by atoms with Crippen molar-refractivity contribution in [2.45, 2.75) is 50.7 Å². The number of carbonyl (C=O) groups excluding carboxylic acids is 1.